The van der Waals surface area contributed by atoms with E-state index in [9.17, 15) is 24.6 Å². The van der Waals surface area contributed by atoms with Crippen LogP contribution in [0, 0.1) is 0 Å². The Morgan fingerprint density at radius 2 is 1.46 bits per heavy atom. The Balaban J connectivity index is 1.48. The number of carbonyl (C=O) groups excluding carboxylic acids is 2. The number of rotatable bonds is 9. The van der Waals surface area contributed by atoms with Crippen molar-refractivity contribution in [2.24, 2.45) is 0 Å². The number of benzene rings is 3. The number of alkyl carbamates (subject to hydrolysis) is 1. The predicted molar refractivity (Wildman–Crippen MR) is 130 cm³/mol. The zero-order chi connectivity index (χ0) is 24.8. The second-order valence-corrected chi connectivity index (χ2v) is 8.17. The van der Waals surface area contributed by atoms with Gasteiger partial charge in [-0.1, -0.05) is 66.7 Å². The highest BCUT2D eigenvalue weighted by atomic mass is 16.5. The van der Waals surface area contributed by atoms with Gasteiger partial charge in [0.05, 0.1) is 13.0 Å². The lowest BCUT2D eigenvalue weighted by atomic mass is 9.98. The van der Waals surface area contributed by atoms with Crippen molar-refractivity contribution >= 4 is 23.7 Å². The van der Waals surface area contributed by atoms with Crippen LogP contribution in [-0.2, 0) is 14.3 Å². The Morgan fingerprint density at radius 3 is 2.03 bits per heavy atom. The fourth-order valence-corrected chi connectivity index (χ4v) is 4.42. The summed E-state index contributed by atoms with van der Waals surface area (Å²) in [5, 5.41) is 21.2. The van der Waals surface area contributed by atoms with Gasteiger partial charge in [0.15, 0.2) is 0 Å². The number of aliphatic carboxylic acids is 1. The number of nitrogens with one attached hydrogen (secondary N) is 1. The number of ether oxygens (including phenoxy) is 1. The number of aliphatic hydroxyl groups is 1. The molecule has 0 fully saturated rings. The van der Waals surface area contributed by atoms with Crippen molar-refractivity contribution < 1.29 is 29.3 Å². The number of hydrogen-bond acceptors (Lipinski definition) is 5. The third-order valence-electron chi connectivity index (χ3n) is 5.97. The molecule has 1 aliphatic carbocycles. The Kier molecular flexibility index (Phi) is 7.42. The SMILES string of the molecule is O=C(O)CC(NC(=O)OCC1c2ccccc2-c2ccccc21)C(=O)N(CCO)c1ccccc1. The second-order valence-electron chi connectivity index (χ2n) is 8.17. The largest absolute Gasteiger partial charge is 0.481 e. The van der Waals surface area contributed by atoms with E-state index in [-0.39, 0.29) is 25.7 Å². The van der Waals surface area contributed by atoms with Crippen LogP contribution in [0.5, 0.6) is 0 Å². The molecule has 0 radical (unpaired) electrons. The fraction of sp³-hybridized carbons (Fsp3) is 0.222. The van der Waals surface area contributed by atoms with Crippen LogP contribution in [0.4, 0.5) is 10.5 Å². The van der Waals surface area contributed by atoms with Crippen molar-refractivity contribution in [2.45, 2.75) is 18.4 Å². The summed E-state index contributed by atoms with van der Waals surface area (Å²) in [6, 6.07) is 23.0. The van der Waals surface area contributed by atoms with Gasteiger partial charge in [-0.05, 0) is 34.4 Å². The van der Waals surface area contributed by atoms with Crippen LogP contribution in [0.1, 0.15) is 23.5 Å². The van der Waals surface area contributed by atoms with Crippen molar-refractivity contribution in [1.82, 2.24) is 5.32 Å². The Bertz CT molecular complexity index is 1170. The van der Waals surface area contributed by atoms with Crippen molar-refractivity contribution in [1.29, 1.82) is 0 Å². The van der Waals surface area contributed by atoms with E-state index in [1.165, 1.54) is 4.90 Å². The Hall–Kier alpha value is -4.17. The minimum absolute atomic E-state index is 0.0346. The minimum Gasteiger partial charge on any atom is -0.481 e. The van der Waals surface area contributed by atoms with Crippen LogP contribution in [0.3, 0.4) is 0 Å². The summed E-state index contributed by atoms with van der Waals surface area (Å²) in [6.07, 6.45) is -1.51. The first-order valence-electron chi connectivity index (χ1n) is 11.3. The highest BCUT2D eigenvalue weighted by molar-refractivity contribution is 6.00. The van der Waals surface area contributed by atoms with E-state index < -0.39 is 30.4 Å². The van der Waals surface area contributed by atoms with Crippen molar-refractivity contribution in [3.05, 3.63) is 90.0 Å². The summed E-state index contributed by atoms with van der Waals surface area (Å²) in [5.41, 5.74) is 4.73. The maximum atomic E-state index is 13.2. The molecule has 8 nitrogen and oxygen atoms in total. The van der Waals surface area contributed by atoms with Crippen LogP contribution in [0.15, 0.2) is 78.9 Å². The normalized spacial score (nSPS) is 12.8. The van der Waals surface area contributed by atoms with E-state index >= 15 is 0 Å². The van der Waals surface area contributed by atoms with Crippen molar-refractivity contribution in [3.8, 4) is 11.1 Å². The number of hydrogen-bond donors (Lipinski definition) is 3. The van der Waals surface area contributed by atoms with E-state index in [0.717, 1.165) is 22.3 Å². The molecule has 0 aromatic heterocycles. The van der Waals surface area contributed by atoms with E-state index in [1.807, 2.05) is 48.5 Å². The molecule has 0 spiro atoms. The van der Waals surface area contributed by atoms with Gasteiger partial charge in [0.25, 0.3) is 0 Å². The third kappa shape index (κ3) is 5.33. The average molecular weight is 475 g/mol. The van der Waals surface area contributed by atoms with Gasteiger partial charge in [-0.25, -0.2) is 4.79 Å². The van der Waals surface area contributed by atoms with Gasteiger partial charge in [-0.2, -0.15) is 0 Å². The molecular formula is C27H26N2O6. The molecule has 4 rings (SSSR count). The molecule has 180 valence electrons. The highest BCUT2D eigenvalue weighted by Crippen LogP contribution is 2.44. The van der Waals surface area contributed by atoms with Crippen LogP contribution in [0.2, 0.25) is 0 Å². The monoisotopic (exact) mass is 474 g/mol. The molecule has 3 N–H and O–H groups in total. The lowest BCUT2D eigenvalue weighted by molar-refractivity contribution is -0.139. The first kappa shape index (κ1) is 24.0. The Morgan fingerprint density at radius 1 is 0.886 bits per heavy atom. The van der Waals surface area contributed by atoms with Gasteiger partial charge >= 0.3 is 12.1 Å². The number of carbonyl (C=O) groups is 3. The zero-order valence-electron chi connectivity index (χ0n) is 19.0. The van der Waals surface area contributed by atoms with Gasteiger partial charge < -0.3 is 25.2 Å². The summed E-state index contributed by atoms with van der Waals surface area (Å²) in [5.74, 6) is -2.07. The molecule has 35 heavy (non-hydrogen) atoms. The van der Waals surface area contributed by atoms with Gasteiger partial charge in [0.2, 0.25) is 5.91 Å². The number of carboxylic acid groups (broad SMARTS) is 1. The van der Waals surface area contributed by atoms with E-state index in [4.69, 9.17) is 4.74 Å². The lowest BCUT2D eigenvalue weighted by Crippen LogP contribution is -2.50. The number of carboxylic acids is 1. The number of amides is 2. The predicted octanol–water partition coefficient (Wildman–Crippen LogP) is 3.39. The zero-order valence-corrected chi connectivity index (χ0v) is 19.0. The maximum absolute atomic E-state index is 13.2. The molecule has 0 heterocycles. The number of fused-ring (bicyclic) bond motifs is 3. The molecule has 0 saturated heterocycles. The van der Waals surface area contributed by atoms with Crippen LogP contribution in [-0.4, -0.2) is 54.0 Å². The average Bonchev–Trinajstić information content (AvgIpc) is 3.19. The first-order valence-corrected chi connectivity index (χ1v) is 11.3. The van der Waals surface area contributed by atoms with Crippen LogP contribution >= 0.6 is 0 Å². The summed E-state index contributed by atoms with van der Waals surface area (Å²) in [7, 11) is 0. The van der Waals surface area contributed by atoms with E-state index in [0.29, 0.717) is 5.69 Å². The summed E-state index contributed by atoms with van der Waals surface area (Å²) in [6.45, 7) is -0.344. The molecule has 0 saturated carbocycles. The van der Waals surface area contributed by atoms with Gasteiger partial charge in [-0.3, -0.25) is 9.59 Å². The van der Waals surface area contributed by atoms with Crippen LogP contribution in [0.25, 0.3) is 11.1 Å². The highest BCUT2D eigenvalue weighted by Gasteiger charge is 2.32. The second kappa shape index (κ2) is 10.8. The maximum Gasteiger partial charge on any atom is 0.407 e. The van der Waals surface area contributed by atoms with Gasteiger partial charge in [0.1, 0.15) is 12.6 Å². The number of para-hydroxylation sites is 1. The number of aliphatic hydroxyl groups excluding tert-OH is 1. The summed E-state index contributed by atoms with van der Waals surface area (Å²) in [4.78, 5) is 38.6. The molecule has 8 heteroatoms. The smallest absolute Gasteiger partial charge is 0.407 e. The van der Waals surface area contributed by atoms with Crippen molar-refractivity contribution in [2.75, 3.05) is 24.7 Å². The van der Waals surface area contributed by atoms with Gasteiger partial charge in [-0.15, -0.1) is 0 Å². The number of nitrogens with zero attached hydrogens (tertiary/aromatic N) is 1. The van der Waals surface area contributed by atoms with Gasteiger partial charge in [0, 0.05) is 18.2 Å². The molecule has 1 aliphatic rings. The summed E-state index contributed by atoms with van der Waals surface area (Å²) >= 11 is 0. The van der Waals surface area contributed by atoms with Crippen LogP contribution < -0.4 is 10.2 Å². The molecule has 0 bridgehead atoms. The fourth-order valence-electron chi connectivity index (χ4n) is 4.42. The molecule has 2 amide bonds. The quantitative estimate of drug-likeness (QED) is 0.438. The molecule has 1 unspecified atom stereocenters. The van der Waals surface area contributed by atoms with E-state index in [2.05, 4.69) is 5.32 Å². The molecular weight excluding hydrogens is 448 g/mol. The topological polar surface area (TPSA) is 116 Å². The molecule has 3 aromatic carbocycles. The molecule has 0 aliphatic heterocycles. The molecule has 1 atom stereocenters. The lowest BCUT2D eigenvalue weighted by Gasteiger charge is -2.27. The first-order chi connectivity index (χ1) is 17.0. The minimum atomic E-state index is -1.37. The third-order valence-corrected chi connectivity index (χ3v) is 5.97. The van der Waals surface area contributed by atoms with Crippen molar-refractivity contribution in [3.63, 3.8) is 0 Å². The molecule has 3 aromatic rings. The Labute approximate surface area is 202 Å². The van der Waals surface area contributed by atoms with E-state index in [1.54, 1.807) is 30.3 Å². The standard InChI is InChI=1S/C27H26N2O6/c30-15-14-29(18-8-2-1-3-9-18)26(33)24(16-25(31)32)28-27(34)35-17-23-21-12-6-4-10-19(21)20-11-5-7-13-22(20)23/h1-13,23-24,30H,14-17H2,(H,28,34)(H,31,32). The number of anilines is 1. The summed E-state index contributed by atoms with van der Waals surface area (Å²) < 4.78 is 5.48.